The summed E-state index contributed by atoms with van der Waals surface area (Å²) in [5.41, 5.74) is 0.644. The number of anilines is 2. The Morgan fingerprint density at radius 3 is 2.64 bits per heavy atom. The van der Waals surface area contributed by atoms with Crippen LogP contribution in [-0.2, 0) is 9.59 Å². The summed E-state index contributed by atoms with van der Waals surface area (Å²) in [5.74, 6) is -0.662. The number of benzene rings is 1. The first kappa shape index (κ1) is 15.9. The van der Waals surface area contributed by atoms with Crippen molar-refractivity contribution in [3.8, 4) is 6.07 Å². The molecule has 0 unspecified atom stereocenters. The van der Waals surface area contributed by atoms with E-state index in [-0.39, 0.29) is 24.7 Å². The fourth-order valence-corrected chi connectivity index (χ4v) is 2.34. The summed E-state index contributed by atoms with van der Waals surface area (Å²) < 4.78 is 0. The minimum atomic E-state index is -0.368. The van der Waals surface area contributed by atoms with E-state index < -0.39 is 0 Å². The molecule has 0 aliphatic carbocycles. The highest BCUT2D eigenvalue weighted by Crippen LogP contribution is 2.20. The number of hydrogen-bond donors (Lipinski definition) is 2. The van der Waals surface area contributed by atoms with Crippen molar-refractivity contribution in [3.63, 3.8) is 0 Å². The normalized spacial score (nSPS) is 9.82. The molecule has 112 valence electrons. The van der Waals surface area contributed by atoms with Gasteiger partial charge in [-0.25, -0.2) is 4.98 Å². The van der Waals surface area contributed by atoms with Gasteiger partial charge in [-0.3, -0.25) is 9.59 Å². The number of halogens is 1. The summed E-state index contributed by atoms with van der Waals surface area (Å²) in [7, 11) is 0. The Hall–Kier alpha value is -2.43. The minimum Gasteiger partial charge on any atom is -0.325 e. The SMILES string of the molecule is N#Cc1ccc(Cl)cc1NC(=O)CCC(=O)Nc1nccs1. The van der Waals surface area contributed by atoms with Crippen LogP contribution >= 0.6 is 22.9 Å². The maximum Gasteiger partial charge on any atom is 0.226 e. The number of nitriles is 1. The van der Waals surface area contributed by atoms with E-state index >= 15 is 0 Å². The van der Waals surface area contributed by atoms with Gasteiger partial charge in [0.1, 0.15) is 6.07 Å². The topological polar surface area (TPSA) is 94.9 Å². The maximum absolute atomic E-state index is 11.8. The number of nitrogens with zero attached hydrogens (tertiary/aromatic N) is 2. The predicted octanol–water partition coefficient (Wildman–Crippen LogP) is 3.03. The van der Waals surface area contributed by atoms with Crippen LogP contribution in [0.1, 0.15) is 18.4 Å². The number of carbonyl (C=O) groups is 2. The molecule has 1 aromatic carbocycles. The molecular formula is C14H11ClN4O2S. The number of thiazole rings is 1. The second-order valence-electron chi connectivity index (χ2n) is 4.24. The molecule has 1 heterocycles. The molecule has 6 nitrogen and oxygen atoms in total. The number of rotatable bonds is 5. The van der Waals surface area contributed by atoms with Crippen LogP contribution in [0.5, 0.6) is 0 Å². The Labute approximate surface area is 135 Å². The molecule has 0 aliphatic heterocycles. The lowest BCUT2D eigenvalue weighted by Gasteiger charge is -2.07. The highest BCUT2D eigenvalue weighted by Gasteiger charge is 2.11. The van der Waals surface area contributed by atoms with Crippen LogP contribution in [0.2, 0.25) is 5.02 Å². The van der Waals surface area contributed by atoms with E-state index in [1.165, 1.54) is 23.5 Å². The molecule has 0 fully saturated rings. The van der Waals surface area contributed by atoms with Crippen molar-refractivity contribution >= 4 is 45.6 Å². The average Bonchev–Trinajstić information content (AvgIpc) is 2.98. The third kappa shape index (κ3) is 4.55. The molecule has 0 spiro atoms. The van der Waals surface area contributed by atoms with Gasteiger partial charge in [0.25, 0.3) is 0 Å². The van der Waals surface area contributed by atoms with Crippen molar-refractivity contribution in [2.24, 2.45) is 0 Å². The van der Waals surface area contributed by atoms with E-state index in [1.807, 2.05) is 6.07 Å². The third-order valence-electron chi connectivity index (χ3n) is 2.63. The fourth-order valence-electron chi connectivity index (χ4n) is 1.62. The van der Waals surface area contributed by atoms with Gasteiger partial charge < -0.3 is 10.6 Å². The van der Waals surface area contributed by atoms with Gasteiger partial charge in [-0.2, -0.15) is 5.26 Å². The minimum absolute atomic E-state index is 0.00537. The zero-order chi connectivity index (χ0) is 15.9. The number of nitrogens with one attached hydrogen (secondary N) is 2. The van der Waals surface area contributed by atoms with Gasteiger partial charge in [0.15, 0.2) is 5.13 Å². The Morgan fingerprint density at radius 2 is 2.00 bits per heavy atom. The zero-order valence-corrected chi connectivity index (χ0v) is 12.9. The molecule has 2 rings (SSSR count). The monoisotopic (exact) mass is 334 g/mol. The molecule has 0 aliphatic rings. The number of hydrogen-bond acceptors (Lipinski definition) is 5. The standard InChI is InChI=1S/C14H11ClN4O2S/c15-10-2-1-9(8-16)11(7-10)18-12(20)3-4-13(21)19-14-17-5-6-22-14/h1-2,5-7H,3-4H2,(H,18,20)(H,17,19,21). The summed E-state index contributed by atoms with van der Waals surface area (Å²) in [4.78, 5) is 27.4. The number of carbonyl (C=O) groups excluding carboxylic acids is 2. The Kier molecular flexibility index (Phi) is 5.47. The number of aromatic nitrogens is 1. The first-order valence-corrected chi connectivity index (χ1v) is 7.53. The van der Waals surface area contributed by atoms with Crippen LogP contribution < -0.4 is 10.6 Å². The van der Waals surface area contributed by atoms with Gasteiger partial charge in [0, 0.05) is 29.4 Å². The van der Waals surface area contributed by atoms with Crippen LogP contribution in [-0.4, -0.2) is 16.8 Å². The zero-order valence-electron chi connectivity index (χ0n) is 11.3. The molecule has 2 amide bonds. The van der Waals surface area contributed by atoms with E-state index in [0.717, 1.165) is 0 Å². The molecule has 1 aromatic heterocycles. The molecule has 2 N–H and O–H groups in total. The van der Waals surface area contributed by atoms with E-state index in [9.17, 15) is 9.59 Å². The highest BCUT2D eigenvalue weighted by molar-refractivity contribution is 7.13. The second kappa shape index (κ2) is 7.54. The average molecular weight is 335 g/mol. The summed E-state index contributed by atoms with van der Waals surface area (Å²) in [6.07, 6.45) is 1.60. The van der Waals surface area contributed by atoms with Gasteiger partial charge in [-0.15, -0.1) is 11.3 Å². The molecule has 0 bridgehead atoms. The van der Waals surface area contributed by atoms with Crippen molar-refractivity contribution in [2.75, 3.05) is 10.6 Å². The third-order valence-corrected chi connectivity index (χ3v) is 3.56. The molecule has 2 aromatic rings. The summed E-state index contributed by atoms with van der Waals surface area (Å²) >= 11 is 7.13. The smallest absolute Gasteiger partial charge is 0.226 e. The lowest BCUT2D eigenvalue weighted by Crippen LogP contribution is -2.17. The van der Waals surface area contributed by atoms with Crippen LogP contribution in [0.3, 0.4) is 0 Å². The van der Waals surface area contributed by atoms with E-state index in [1.54, 1.807) is 17.6 Å². The molecule has 0 saturated heterocycles. The first-order valence-electron chi connectivity index (χ1n) is 6.27. The molecule has 0 radical (unpaired) electrons. The summed E-state index contributed by atoms with van der Waals surface area (Å²) in [6, 6.07) is 6.54. The van der Waals surface area contributed by atoms with Crippen LogP contribution in [0.15, 0.2) is 29.8 Å². The van der Waals surface area contributed by atoms with Gasteiger partial charge in [-0.05, 0) is 18.2 Å². The summed E-state index contributed by atoms with van der Waals surface area (Å²) in [5, 5.41) is 16.8. The molecule has 0 saturated carbocycles. The van der Waals surface area contributed by atoms with Crippen molar-refractivity contribution in [1.29, 1.82) is 5.26 Å². The molecule has 22 heavy (non-hydrogen) atoms. The molecular weight excluding hydrogens is 324 g/mol. The summed E-state index contributed by atoms with van der Waals surface area (Å²) in [6.45, 7) is 0. The Morgan fingerprint density at radius 1 is 1.27 bits per heavy atom. The lowest BCUT2D eigenvalue weighted by molar-refractivity contribution is -0.121. The van der Waals surface area contributed by atoms with Crippen molar-refractivity contribution in [3.05, 3.63) is 40.4 Å². The van der Waals surface area contributed by atoms with E-state index in [2.05, 4.69) is 15.6 Å². The van der Waals surface area contributed by atoms with E-state index in [0.29, 0.717) is 21.4 Å². The van der Waals surface area contributed by atoms with Gasteiger partial charge in [0.05, 0.1) is 11.3 Å². The fraction of sp³-hybridized carbons (Fsp3) is 0.143. The van der Waals surface area contributed by atoms with Crippen molar-refractivity contribution < 1.29 is 9.59 Å². The molecule has 0 atom stereocenters. The molecule has 8 heteroatoms. The maximum atomic E-state index is 11.8. The van der Waals surface area contributed by atoms with Gasteiger partial charge >= 0.3 is 0 Å². The van der Waals surface area contributed by atoms with Crippen molar-refractivity contribution in [2.45, 2.75) is 12.8 Å². The van der Waals surface area contributed by atoms with Crippen LogP contribution in [0, 0.1) is 11.3 Å². The Balaban J connectivity index is 1.87. The van der Waals surface area contributed by atoms with Gasteiger partial charge in [-0.1, -0.05) is 11.6 Å². The lowest BCUT2D eigenvalue weighted by atomic mass is 10.2. The van der Waals surface area contributed by atoms with Crippen LogP contribution in [0.4, 0.5) is 10.8 Å². The predicted molar refractivity (Wildman–Crippen MR) is 84.8 cm³/mol. The quantitative estimate of drug-likeness (QED) is 0.878. The highest BCUT2D eigenvalue weighted by atomic mass is 35.5. The largest absolute Gasteiger partial charge is 0.325 e. The van der Waals surface area contributed by atoms with Crippen LogP contribution in [0.25, 0.3) is 0 Å². The van der Waals surface area contributed by atoms with Gasteiger partial charge in [0.2, 0.25) is 11.8 Å². The second-order valence-corrected chi connectivity index (χ2v) is 5.57. The number of amides is 2. The van der Waals surface area contributed by atoms with E-state index in [4.69, 9.17) is 16.9 Å². The van der Waals surface area contributed by atoms with Crippen molar-refractivity contribution in [1.82, 2.24) is 4.98 Å². The Bertz CT molecular complexity index is 725. The first-order chi connectivity index (χ1) is 10.6.